The predicted octanol–water partition coefficient (Wildman–Crippen LogP) is 4.04. The van der Waals surface area contributed by atoms with Gasteiger partial charge in [0.25, 0.3) is 0 Å². The summed E-state index contributed by atoms with van der Waals surface area (Å²) in [6.45, 7) is 6.78. The Morgan fingerprint density at radius 3 is 2.41 bits per heavy atom. The fourth-order valence-electron chi connectivity index (χ4n) is 3.01. The van der Waals surface area contributed by atoms with Crippen molar-refractivity contribution in [2.45, 2.75) is 44.2 Å². The number of carbonyl (C=O) groups is 1. The number of carbonyl (C=O) groups excluding carboxylic acids is 1. The Balaban J connectivity index is 1.60. The molecule has 6 nitrogen and oxygen atoms in total. The van der Waals surface area contributed by atoms with Crippen molar-refractivity contribution in [1.29, 1.82) is 0 Å². The van der Waals surface area contributed by atoms with E-state index >= 15 is 0 Å². The lowest BCUT2D eigenvalue weighted by molar-refractivity contribution is 0.0191. The van der Waals surface area contributed by atoms with Crippen LogP contribution >= 0.6 is 11.6 Å². The lowest BCUT2D eigenvalue weighted by Gasteiger charge is -2.33. The highest BCUT2D eigenvalue weighted by atomic mass is 35.5. The molecule has 1 amide bonds. The van der Waals surface area contributed by atoms with Crippen LogP contribution in [-0.4, -0.2) is 49.6 Å². The first kappa shape index (κ1) is 20.0. The van der Waals surface area contributed by atoms with Gasteiger partial charge in [-0.2, -0.15) is 0 Å². The van der Waals surface area contributed by atoms with Gasteiger partial charge in [-0.05, 0) is 51.7 Å². The summed E-state index contributed by atoms with van der Waals surface area (Å²) >= 11 is 6.21. The van der Waals surface area contributed by atoms with Gasteiger partial charge < -0.3 is 9.64 Å². The van der Waals surface area contributed by atoms with E-state index in [9.17, 15) is 9.00 Å². The summed E-state index contributed by atoms with van der Waals surface area (Å²) in [4.78, 5) is 22.6. The molecule has 27 heavy (non-hydrogen) atoms. The summed E-state index contributed by atoms with van der Waals surface area (Å²) in [5, 5.41) is 0.531. The minimum absolute atomic E-state index is 0.193. The van der Waals surface area contributed by atoms with Crippen molar-refractivity contribution in [1.82, 2.24) is 14.9 Å². The average molecular weight is 410 g/mol. The van der Waals surface area contributed by atoms with Gasteiger partial charge in [0.05, 0.1) is 21.8 Å². The molecule has 1 fully saturated rings. The van der Waals surface area contributed by atoms with Gasteiger partial charge in [-0.3, -0.25) is 4.21 Å². The molecule has 0 saturated carbocycles. The molecule has 0 radical (unpaired) electrons. The Bertz CT molecular complexity index is 861. The van der Waals surface area contributed by atoms with Gasteiger partial charge in [-0.15, -0.1) is 0 Å². The van der Waals surface area contributed by atoms with Crippen LogP contribution in [0.5, 0.6) is 0 Å². The van der Waals surface area contributed by atoms with Gasteiger partial charge in [-0.25, -0.2) is 14.8 Å². The Morgan fingerprint density at radius 2 is 1.81 bits per heavy atom. The number of likely N-dealkylation sites (tertiary alicyclic amines) is 1. The van der Waals surface area contributed by atoms with Crippen molar-refractivity contribution < 1.29 is 13.7 Å². The molecule has 3 rings (SSSR count). The summed E-state index contributed by atoms with van der Waals surface area (Å²) < 4.78 is 18.2. The zero-order chi connectivity index (χ0) is 19.6. The van der Waals surface area contributed by atoms with Gasteiger partial charge in [0.2, 0.25) is 0 Å². The Hall–Kier alpha value is -1.73. The van der Waals surface area contributed by atoms with Gasteiger partial charge in [0, 0.05) is 18.8 Å². The Labute approximate surface area is 166 Å². The number of ether oxygens (including phenoxy) is 1. The lowest BCUT2D eigenvalue weighted by Crippen LogP contribution is -2.42. The summed E-state index contributed by atoms with van der Waals surface area (Å²) in [6.07, 6.45) is 1.28. The van der Waals surface area contributed by atoms with Gasteiger partial charge >= 0.3 is 6.09 Å². The van der Waals surface area contributed by atoms with Gasteiger partial charge in [-0.1, -0.05) is 23.7 Å². The number of rotatable bonds is 3. The van der Waals surface area contributed by atoms with Crippen LogP contribution in [0.4, 0.5) is 4.79 Å². The zero-order valence-corrected chi connectivity index (χ0v) is 17.3. The molecule has 1 atom stereocenters. The third kappa shape index (κ3) is 5.17. The molecule has 1 aromatic carbocycles. The number of hydrogen-bond donors (Lipinski definition) is 0. The Morgan fingerprint density at radius 1 is 1.22 bits per heavy atom. The van der Waals surface area contributed by atoms with Crippen LogP contribution in [0.3, 0.4) is 0 Å². The van der Waals surface area contributed by atoms with E-state index in [0.717, 1.165) is 12.8 Å². The van der Waals surface area contributed by atoms with E-state index in [1.807, 2.05) is 45.0 Å². The number of nitrogens with zero attached hydrogens (tertiary/aromatic N) is 3. The normalized spacial score (nSPS) is 17.1. The monoisotopic (exact) mass is 409 g/mol. The highest BCUT2D eigenvalue weighted by Gasteiger charge is 2.28. The van der Waals surface area contributed by atoms with Crippen molar-refractivity contribution in [3.8, 4) is 0 Å². The molecule has 0 N–H and O–H groups in total. The molecule has 0 unspecified atom stereocenters. The van der Waals surface area contributed by atoms with E-state index in [4.69, 9.17) is 16.3 Å². The first-order chi connectivity index (χ1) is 12.7. The zero-order valence-electron chi connectivity index (χ0n) is 15.8. The maximum absolute atomic E-state index is 12.8. The minimum atomic E-state index is -1.33. The molecule has 1 aliphatic heterocycles. The van der Waals surface area contributed by atoms with E-state index in [0.29, 0.717) is 34.9 Å². The molecule has 1 saturated heterocycles. The van der Waals surface area contributed by atoms with E-state index in [1.54, 1.807) is 4.90 Å². The minimum Gasteiger partial charge on any atom is -0.444 e. The fraction of sp³-hybridized carbons (Fsp3) is 0.526. The average Bonchev–Trinajstić information content (AvgIpc) is 2.60. The second-order valence-electron chi connectivity index (χ2n) is 7.73. The maximum atomic E-state index is 12.8. The molecule has 146 valence electrons. The largest absolute Gasteiger partial charge is 0.444 e. The second kappa shape index (κ2) is 8.10. The van der Waals surface area contributed by atoms with Gasteiger partial charge in [0.1, 0.15) is 5.60 Å². The quantitative estimate of drug-likeness (QED) is 0.764. The molecule has 1 aromatic heterocycles. The smallest absolute Gasteiger partial charge is 0.410 e. The van der Waals surface area contributed by atoms with E-state index in [2.05, 4.69) is 9.97 Å². The predicted molar refractivity (Wildman–Crippen MR) is 106 cm³/mol. The van der Waals surface area contributed by atoms with E-state index in [-0.39, 0.29) is 17.2 Å². The molecule has 2 heterocycles. The molecule has 0 spiro atoms. The highest BCUT2D eigenvalue weighted by Crippen LogP contribution is 2.25. The standard InChI is InChI=1S/C19H24ClN3O3S/c1-19(2,3)26-18(24)23-10-8-13(9-11-23)12-27(25)17-16(20)21-14-6-4-5-7-15(14)22-17/h4-7,13H,8-12H2,1-3H3/t27-/m0/s1. The number of para-hydroxylation sites is 2. The number of piperidine rings is 1. The number of amides is 1. The number of benzene rings is 1. The van der Waals surface area contributed by atoms with Crippen LogP contribution in [-0.2, 0) is 15.5 Å². The molecule has 0 bridgehead atoms. The first-order valence-corrected chi connectivity index (χ1v) is 10.7. The molecule has 0 aliphatic carbocycles. The van der Waals surface area contributed by atoms with Crippen LogP contribution < -0.4 is 0 Å². The molecule has 1 aliphatic rings. The Kier molecular flexibility index (Phi) is 6.01. The fourth-order valence-corrected chi connectivity index (χ4v) is 4.75. The maximum Gasteiger partial charge on any atom is 0.410 e. The van der Waals surface area contributed by atoms with E-state index < -0.39 is 16.4 Å². The number of aromatic nitrogens is 2. The molecule has 2 aromatic rings. The summed E-state index contributed by atoms with van der Waals surface area (Å²) in [6, 6.07) is 7.39. The topological polar surface area (TPSA) is 72.4 Å². The number of hydrogen-bond acceptors (Lipinski definition) is 5. The van der Waals surface area contributed by atoms with Crippen molar-refractivity contribution >= 4 is 39.5 Å². The third-order valence-electron chi connectivity index (χ3n) is 4.37. The lowest BCUT2D eigenvalue weighted by atomic mass is 9.99. The van der Waals surface area contributed by atoms with Crippen molar-refractivity contribution in [3.63, 3.8) is 0 Å². The number of halogens is 1. The van der Waals surface area contributed by atoms with Crippen LogP contribution in [0.25, 0.3) is 11.0 Å². The third-order valence-corrected chi connectivity index (χ3v) is 6.23. The van der Waals surface area contributed by atoms with Crippen LogP contribution in [0.1, 0.15) is 33.6 Å². The van der Waals surface area contributed by atoms with Crippen molar-refractivity contribution in [2.24, 2.45) is 5.92 Å². The first-order valence-electron chi connectivity index (χ1n) is 9.01. The number of fused-ring (bicyclic) bond motifs is 1. The molecule has 8 heteroatoms. The van der Waals surface area contributed by atoms with Crippen LogP contribution in [0, 0.1) is 5.92 Å². The van der Waals surface area contributed by atoms with Crippen molar-refractivity contribution in [3.05, 3.63) is 29.4 Å². The summed E-state index contributed by atoms with van der Waals surface area (Å²) in [5.74, 6) is 0.711. The highest BCUT2D eigenvalue weighted by molar-refractivity contribution is 7.85. The van der Waals surface area contributed by atoms with Gasteiger partial charge in [0.15, 0.2) is 10.2 Å². The van der Waals surface area contributed by atoms with Crippen LogP contribution in [0.2, 0.25) is 5.15 Å². The second-order valence-corrected chi connectivity index (χ2v) is 9.50. The molecular formula is C19H24ClN3O3S. The van der Waals surface area contributed by atoms with Crippen molar-refractivity contribution in [2.75, 3.05) is 18.8 Å². The summed E-state index contributed by atoms with van der Waals surface area (Å²) in [5.41, 5.74) is 0.875. The van der Waals surface area contributed by atoms with Crippen LogP contribution in [0.15, 0.2) is 29.3 Å². The van der Waals surface area contributed by atoms with E-state index in [1.165, 1.54) is 0 Å². The summed E-state index contributed by atoms with van der Waals surface area (Å²) in [7, 11) is -1.33. The SMILES string of the molecule is CC(C)(C)OC(=O)N1CCC(C[S@](=O)c2nc3ccccc3nc2Cl)CC1. The molecular weight excluding hydrogens is 386 g/mol.